The minimum atomic E-state index is -0.537. The third-order valence-corrected chi connectivity index (χ3v) is 4.68. The van der Waals surface area contributed by atoms with E-state index in [1.54, 1.807) is 6.07 Å². The quantitative estimate of drug-likeness (QED) is 0.690. The third-order valence-electron chi connectivity index (χ3n) is 4.68. The molecular weight excluding hydrogens is 330 g/mol. The maximum atomic E-state index is 12.5. The molecule has 0 spiro atoms. The number of nitrogens with zero attached hydrogens (tertiary/aromatic N) is 1. The van der Waals surface area contributed by atoms with Gasteiger partial charge in [-0.2, -0.15) is 0 Å². The summed E-state index contributed by atoms with van der Waals surface area (Å²) in [6.45, 7) is 10.8. The van der Waals surface area contributed by atoms with Gasteiger partial charge in [0.05, 0.1) is 13.2 Å². The molecule has 0 aromatic heterocycles. The van der Waals surface area contributed by atoms with E-state index in [1.807, 2.05) is 39.0 Å². The molecule has 0 bridgehead atoms. The summed E-state index contributed by atoms with van der Waals surface area (Å²) < 4.78 is 5.33. The number of benzene rings is 1. The Morgan fingerprint density at radius 2 is 1.88 bits per heavy atom. The molecule has 1 fully saturated rings. The first kappa shape index (κ1) is 20.4. The van der Waals surface area contributed by atoms with Crippen molar-refractivity contribution in [2.45, 2.75) is 33.2 Å². The SMILES string of the molecule is Cc1ccccc1C(=O)NC(C(=O)NCCCN1CCOCC1)C(C)C. The Kier molecular flexibility index (Phi) is 8.06. The molecule has 1 saturated heterocycles. The zero-order valence-corrected chi connectivity index (χ0v) is 16.1. The zero-order valence-electron chi connectivity index (χ0n) is 16.1. The molecule has 6 heteroatoms. The highest BCUT2D eigenvalue weighted by atomic mass is 16.5. The number of nitrogens with one attached hydrogen (secondary N) is 2. The number of carbonyl (C=O) groups is 2. The Morgan fingerprint density at radius 3 is 2.54 bits per heavy atom. The summed E-state index contributed by atoms with van der Waals surface area (Å²) in [6.07, 6.45) is 0.891. The van der Waals surface area contributed by atoms with Crippen molar-refractivity contribution in [2.75, 3.05) is 39.4 Å². The zero-order chi connectivity index (χ0) is 18.9. The Morgan fingerprint density at radius 1 is 1.19 bits per heavy atom. The van der Waals surface area contributed by atoms with Crippen LogP contribution >= 0.6 is 0 Å². The van der Waals surface area contributed by atoms with Crippen molar-refractivity contribution < 1.29 is 14.3 Å². The summed E-state index contributed by atoms with van der Waals surface area (Å²) in [6, 6.07) is 6.86. The standard InChI is InChI=1S/C20H31N3O3/c1-15(2)18(22-19(24)17-8-5-4-7-16(17)3)20(25)21-9-6-10-23-11-13-26-14-12-23/h4-5,7-8,15,18H,6,9-14H2,1-3H3,(H,21,25)(H,22,24). The van der Waals surface area contributed by atoms with Crippen LogP contribution in [0.3, 0.4) is 0 Å². The van der Waals surface area contributed by atoms with Crippen LogP contribution in [0.5, 0.6) is 0 Å². The topological polar surface area (TPSA) is 70.7 Å². The van der Waals surface area contributed by atoms with Crippen molar-refractivity contribution in [3.8, 4) is 0 Å². The monoisotopic (exact) mass is 361 g/mol. The van der Waals surface area contributed by atoms with Crippen LogP contribution in [0, 0.1) is 12.8 Å². The minimum Gasteiger partial charge on any atom is -0.379 e. The van der Waals surface area contributed by atoms with E-state index in [0.717, 1.165) is 44.8 Å². The molecule has 0 aliphatic carbocycles. The molecular formula is C20H31N3O3. The predicted molar refractivity (Wildman–Crippen MR) is 102 cm³/mol. The van der Waals surface area contributed by atoms with Crippen LogP contribution in [0.2, 0.25) is 0 Å². The molecule has 0 radical (unpaired) electrons. The first-order chi connectivity index (χ1) is 12.5. The van der Waals surface area contributed by atoms with Gasteiger partial charge in [-0.25, -0.2) is 0 Å². The van der Waals surface area contributed by atoms with Gasteiger partial charge in [-0.1, -0.05) is 32.0 Å². The Bertz CT molecular complexity index is 598. The fraction of sp³-hybridized carbons (Fsp3) is 0.600. The number of aryl methyl sites for hydroxylation is 1. The van der Waals surface area contributed by atoms with Crippen molar-refractivity contribution >= 4 is 11.8 Å². The van der Waals surface area contributed by atoms with Gasteiger partial charge in [0.2, 0.25) is 5.91 Å². The second-order valence-electron chi connectivity index (χ2n) is 7.11. The average Bonchev–Trinajstić information content (AvgIpc) is 2.64. The first-order valence-corrected chi connectivity index (χ1v) is 9.43. The first-order valence-electron chi connectivity index (χ1n) is 9.43. The fourth-order valence-corrected chi connectivity index (χ4v) is 3.03. The number of rotatable bonds is 8. The van der Waals surface area contributed by atoms with Gasteiger partial charge in [0, 0.05) is 25.2 Å². The Balaban J connectivity index is 1.81. The van der Waals surface area contributed by atoms with Crippen LogP contribution in [0.4, 0.5) is 0 Å². The summed E-state index contributed by atoms with van der Waals surface area (Å²) in [4.78, 5) is 27.4. The maximum absolute atomic E-state index is 12.5. The van der Waals surface area contributed by atoms with E-state index in [1.165, 1.54) is 0 Å². The van der Waals surface area contributed by atoms with Crippen LogP contribution in [0.25, 0.3) is 0 Å². The lowest BCUT2D eigenvalue weighted by Crippen LogP contribution is -2.50. The summed E-state index contributed by atoms with van der Waals surface area (Å²) in [5, 5.41) is 5.85. The molecule has 6 nitrogen and oxygen atoms in total. The van der Waals surface area contributed by atoms with Crippen molar-refractivity contribution in [2.24, 2.45) is 5.92 Å². The highest BCUT2D eigenvalue weighted by Gasteiger charge is 2.24. The van der Waals surface area contributed by atoms with Gasteiger partial charge in [-0.3, -0.25) is 14.5 Å². The second kappa shape index (κ2) is 10.3. The van der Waals surface area contributed by atoms with Gasteiger partial charge in [0.25, 0.3) is 5.91 Å². The molecule has 2 rings (SSSR count). The lowest BCUT2D eigenvalue weighted by molar-refractivity contribution is -0.123. The van der Waals surface area contributed by atoms with Crippen LogP contribution in [0.15, 0.2) is 24.3 Å². The number of hydrogen-bond acceptors (Lipinski definition) is 4. The van der Waals surface area contributed by atoms with Crippen LogP contribution in [-0.2, 0) is 9.53 Å². The fourth-order valence-electron chi connectivity index (χ4n) is 3.03. The molecule has 26 heavy (non-hydrogen) atoms. The van der Waals surface area contributed by atoms with Crippen molar-refractivity contribution in [1.82, 2.24) is 15.5 Å². The van der Waals surface area contributed by atoms with Gasteiger partial charge in [0.1, 0.15) is 6.04 Å². The van der Waals surface area contributed by atoms with E-state index in [4.69, 9.17) is 4.74 Å². The molecule has 1 aliphatic rings. The van der Waals surface area contributed by atoms with Crippen LogP contribution in [-0.4, -0.2) is 62.1 Å². The lowest BCUT2D eigenvalue weighted by Gasteiger charge is -2.26. The van der Waals surface area contributed by atoms with E-state index >= 15 is 0 Å². The van der Waals surface area contributed by atoms with Gasteiger partial charge < -0.3 is 15.4 Å². The van der Waals surface area contributed by atoms with Gasteiger partial charge in [0.15, 0.2) is 0 Å². The van der Waals surface area contributed by atoms with Crippen molar-refractivity contribution in [3.05, 3.63) is 35.4 Å². The molecule has 144 valence electrons. The maximum Gasteiger partial charge on any atom is 0.252 e. The Hall–Kier alpha value is -1.92. The van der Waals surface area contributed by atoms with Crippen molar-refractivity contribution in [3.63, 3.8) is 0 Å². The number of hydrogen-bond donors (Lipinski definition) is 2. The summed E-state index contributed by atoms with van der Waals surface area (Å²) >= 11 is 0. The third kappa shape index (κ3) is 6.11. The van der Waals surface area contributed by atoms with Gasteiger partial charge >= 0.3 is 0 Å². The molecule has 1 atom stereocenters. The van der Waals surface area contributed by atoms with E-state index in [9.17, 15) is 9.59 Å². The smallest absolute Gasteiger partial charge is 0.252 e. The van der Waals surface area contributed by atoms with E-state index in [0.29, 0.717) is 12.1 Å². The van der Waals surface area contributed by atoms with E-state index in [2.05, 4.69) is 15.5 Å². The molecule has 1 aromatic rings. The lowest BCUT2D eigenvalue weighted by atomic mass is 10.0. The molecule has 2 N–H and O–H groups in total. The summed E-state index contributed by atoms with van der Waals surface area (Å²) in [5.74, 6) is -0.309. The number of ether oxygens (including phenoxy) is 1. The average molecular weight is 361 g/mol. The minimum absolute atomic E-state index is 0.0159. The van der Waals surface area contributed by atoms with Gasteiger partial charge in [-0.05, 0) is 37.4 Å². The number of carbonyl (C=O) groups excluding carboxylic acids is 2. The largest absolute Gasteiger partial charge is 0.379 e. The highest BCUT2D eigenvalue weighted by Crippen LogP contribution is 2.09. The van der Waals surface area contributed by atoms with Gasteiger partial charge in [-0.15, -0.1) is 0 Å². The van der Waals surface area contributed by atoms with E-state index in [-0.39, 0.29) is 17.7 Å². The highest BCUT2D eigenvalue weighted by molar-refractivity contribution is 5.98. The predicted octanol–water partition coefficient (Wildman–Crippen LogP) is 1.59. The molecule has 1 heterocycles. The molecule has 1 unspecified atom stereocenters. The molecule has 1 aliphatic heterocycles. The molecule has 1 aromatic carbocycles. The second-order valence-corrected chi connectivity index (χ2v) is 7.11. The number of amides is 2. The van der Waals surface area contributed by atoms with Crippen molar-refractivity contribution in [1.29, 1.82) is 0 Å². The molecule has 2 amide bonds. The van der Waals surface area contributed by atoms with Crippen LogP contribution in [0.1, 0.15) is 36.2 Å². The van der Waals surface area contributed by atoms with E-state index < -0.39 is 6.04 Å². The molecule has 0 saturated carbocycles. The Labute approximate surface area is 156 Å². The van der Waals surface area contributed by atoms with Crippen LogP contribution < -0.4 is 10.6 Å². The normalized spacial score (nSPS) is 16.3. The summed E-state index contributed by atoms with van der Waals surface area (Å²) in [7, 11) is 0. The summed E-state index contributed by atoms with van der Waals surface area (Å²) in [5.41, 5.74) is 1.51. The number of morpholine rings is 1.